The monoisotopic (exact) mass is 434 g/mol. The van der Waals surface area contributed by atoms with Gasteiger partial charge < -0.3 is 15.0 Å². The highest BCUT2D eigenvalue weighted by Crippen LogP contribution is 2.37. The molecule has 0 spiro atoms. The number of carbonyl (C=O) groups is 2. The summed E-state index contributed by atoms with van der Waals surface area (Å²) in [6.45, 7) is 3.89. The highest BCUT2D eigenvalue weighted by Gasteiger charge is 2.41. The zero-order chi connectivity index (χ0) is 22.8. The van der Waals surface area contributed by atoms with Crippen LogP contribution in [0.2, 0.25) is 0 Å². The van der Waals surface area contributed by atoms with Crippen LogP contribution >= 0.6 is 0 Å². The van der Waals surface area contributed by atoms with Crippen molar-refractivity contribution in [2.24, 2.45) is 5.92 Å². The van der Waals surface area contributed by atoms with E-state index in [-0.39, 0.29) is 30.9 Å². The number of methoxy groups -OCH3 is 1. The van der Waals surface area contributed by atoms with Crippen LogP contribution in [0.5, 0.6) is 5.75 Å². The molecule has 0 aromatic heterocycles. The van der Waals surface area contributed by atoms with Crippen LogP contribution in [0.4, 0.5) is 13.2 Å². The maximum atomic E-state index is 13.2. The van der Waals surface area contributed by atoms with Gasteiger partial charge in [-0.2, -0.15) is 13.2 Å². The van der Waals surface area contributed by atoms with Crippen molar-refractivity contribution >= 4 is 11.8 Å². The first-order chi connectivity index (χ1) is 14.6. The molecule has 0 saturated carbocycles. The number of carbonyl (C=O) groups excluding carboxylic acids is 2. The Balaban J connectivity index is 1.92. The van der Waals surface area contributed by atoms with Gasteiger partial charge in [0.25, 0.3) is 5.91 Å². The molecule has 2 aromatic rings. The molecule has 0 aliphatic carbocycles. The van der Waals surface area contributed by atoms with Crippen LogP contribution in [0.15, 0.2) is 48.5 Å². The smallest absolute Gasteiger partial charge is 0.416 e. The highest BCUT2D eigenvalue weighted by molar-refractivity contribution is 5.95. The molecule has 3 rings (SSSR count). The molecule has 1 heterocycles. The van der Waals surface area contributed by atoms with Gasteiger partial charge >= 0.3 is 6.18 Å². The number of ether oxygens (including phenoxy) is 1. The second kappa shape index (κ2) is 8.99. The Kier molecular flexibility index (Phi) is 6.57. The van der Waals surface area contributed by atoms with Crippen molar-refractivity contribution in [3.63, 3.8) is 0 Å². The van der Waals surface area contributed by atoms with Crippen LogP contribution in [0.3, 0.4) is 0 Å². The Morgan fingerprint density at radius 3 is 2.45 bits per heavy atom. The minimum Gasteiger partial charge on any atom is -0.497 e. The van der Waals surface area contributed by atoms with Gasteiger partial charge in [0.15, 0.2) is 0 Å². The van der Waals surface area contributed by atoms with E-state index in [2.05, 4.69) is 5.32 Å². The van der Waals surface area contributed by atoms with Crippen molar-refractivity contribution in [3.8, 4) is 5.75 Å². The van der Waals surface area contributed by atoms with E-state index in [1.165, 1.54) is 18.1 Å². The largest absolute Gasteiger partial charge is 0.497 e. The molecule has 2 unspecified atom stereocenters. The molecule has 166 valence electrons. The first-order valence-corrected chi connectivity index (χ1v) is 10.0. The number of nitrogens with zero attached hydrogens (tertiary/aromatic N) is 1. The molecule has 2 atom stereocenters. The van der Waals surface area contributed by atoms with E-state index in [4.69, 9.17) is 4.74 Å². The van der Waals surface area contributed by atoms with E-state index in [0.717, 1.165) is 12.1 Å². The number of halogens is 3. The predicted molar refractivity (Wildman–Crippen MR) is 110 cm³/mol. The van der Waals surface area contributed by atoms with Crippen LogP contribution in [0.1, 0.15) is 41.3 Å². The number of nitrogens with one attached hydrogen (secondary N) is 1. The Morgan fingerprint density at radius 2 is 1.81 bits per heavy atom. The zero-order valence-corrected chi connectivity index (χ0v) is 17.6. The average Bonchev–Trinajstić information content (AvgIpc) is 3.18. The second-order valence-corrected chi connectivity index (χ2v) is 7.94. The average molecular weight is 434 g/mol. The van der Waals surface area contributed by atoms with Gasteiger partial charge in [-0.25, -0.2) is 0 Å². The molecule has 1 aliphatic rings. The molecule has 8 heteroatoms. The minimum absolute atomic E-state index is 0.121. The number of benzene rings is 2. The highest BCUT2D eigenvalue weighted by atomic mass is 19.4. The quantitative estimate of drug-likeness (QED) is 0.771. The van der Waals surface area contributed by atoms with E-state index in [1.807, 2.05) is 13.8 Å². The summed E-state index contributed by atoms with van der Waals surface area (Å²) >= 11 is 0. The summed E-state index contributed by atoms with van der Waals surface area (Å²) in [5.74, 6) is -1.25. The third-order valence-corrected chi connectivity index (χ3v) is 5.33. The summed E-state index contributed by atoms with van der Waals surface area (Å²) in [7, 11) is 1.50. The molecule has 31 heavy (non-hydrogen) atoms. The van der Waals surface area contributed by atoms with Gasteiger partial charge in [-0.15, -0.1) is 0 Å². The number of likely N-dealkylation sites (tertiary alicyclic amines) is 1. The summed E-state index contributed by atoms with van der Waals surface area (Å²) in [6, 6.07) is 11.5. The Hall–Kier alpha value is -3.03. The summed E-state index contributed by atoms with van der Waals surface area (Å²) in [5, 5.41) is 2.83. The third kappa shape index (κ3) is 5.18. The standard InChI is InChI=1S/C23H25F3N2O3/c1-14(2)27-21(29)20-13-28(22(30)16-7-5-9-18(11-16)31-3)12-19(20)15-6-4-8-17(10-15)23(24,25)26/h4-11,14,19-20H,12-13H2,1-3H3,(H,27,29). The maximum absolute atomic E-state index is 13.2. The number of amides is 2. The lowest BCUT2D eigenvalue weighted by Crippen LogP contribution is -2.39. The van der Waals surface area contributed by atoms with Gasteiger partial charge in [-0.05, 0) is 43.7 Å². The van der Waals surface area contributed by atoms with Crippen molar-refractivity contribution in [2.75, 3.05) is 20.2 Å². The van der Waals surface area contributed by atoms with E-state index in [0.29, 0.717) is 16.9 Å². The van der Waals surface area contributed by atoms with Crippen molar-refractivity contribution in [1.82, 2.24) is 10.2 Å². The Bertz CT molecular complexity index is 959. The normalized spacial score (nSPS) is 18.9. The van der Waals surface area contributed by atoms with E-state index in [9.17, 15) is 22.8 Å². The minimum atomic E-state index is -4.49. The van der Waals surface area contributed by atoms with E-state index in [1.54, 1.807) is 30.3 Å². The van der Waals surface area contributed by atoms with Gasteiger partial charge in [0.2, 0.25) is 5.91 Å². The summed E-state index contributed by atoms with van der Waals surface area (Å²) in [4.78, 5) is 27.4. The van der Waals surface area contributed by atoms with Gasteiger partial charge in [0, 0.05) is 30.6 Å². The topological polar surface area (TPSA) is 58.6 Å². The fourth-order valence-electron chi connectivity index (χ4n) is 3.85. The lowest BCUT2D eigenvalue weighted by Gasteiger charge is -2.20. The zero-order valence-electron chi connectivity index (χ0n) is 17.6. The van der Waals surface area contributed by atoms with Crippen molar-refractivity contribution in [1.29, 1.82) is 0 Å². The van der Waals surface area contributed by atoms with Gasteiger partial charge in [0.05, 0.1) is 18.6 Å². The SMILES string of the molecule is COc1cccc(C(=O)N2CC(C(=O)NC(C)C)C(c3cccc(C(F)(F)F)c3)C2)c1. The van der Waals surface area contributed by atoms with E-state index < -0.39 is 23.6 Å². The number of rotatable bonds is 5. The first-order valence-electron chi connectivity index (χ1n) is 10.0. The predicted octanol–water partition coefficient (Wildman–Crippen LogP) is 4.09. The molecule has 1 aliphatic heterocycles. The van der Waals surface area contributed by atoms with Crippen molar-refractivity contribution in [3.05, 3.63) is 65.2 Å². The number of alkyl halides is 3. The number of hydrogen-bond acceptors (Lipinski definition) is 3. The molecular weight excluding hydrogens is 409 g/mol. The molecule has 1 fully saturated rings. The molecule has 0 radical (unpaired) electrons. The molecule has 1 saturated heterocycles. The van der Waals surface area contributed by atoms with Crippen molar-refractivity contribution < 1.29 is 27.5 Å². The maximum Gasteiger partial charge on any atom is 0.416 e. The van der Waals surface area contributed by atoms with Gasteiger partial charge in [-0.3, -0.25) is 9.59 Å². The van der Waals surface area contributed by atoms with Gasteiger partial charge in [0.1, 0.15) is 5.75 Å². The number of hydrogen-bond donors (Lipinski definition) is 1. The van der Waals surface area contributed by atoms with E-state index >= 15 is 0 Å². The molecule has 1 N–H and O–H groups in total. The van der Waals surface area contributed by atoms with Crippen molar-refractivity contribution in [2.45, 2.75) is 32.0 Å². The lowest BCUT2D eigenvalue weighted by molar-refractivity contribution is -0.137. The molecule has 2 aromatic carbocycles. The summed E-state index contributed by atoms with van der Waals surface area (Å²) in [6.07, 6.45) is -4.49. The van der Waals surface area contributed by atoms with Crippen LogP contribution in [-0.4, -0.2) is 43.0 Å². The van der Waals surface area contributed by atoms with Crippen LogP contribution in [0.25, 0.3) is 0 Å². The first kappa shape index (κ1) is 22.7. The molecule has 0 bridgehead atoms. The van der Waals surface area contributed by atoms with Gasteiger partial charge in [-0.1, -0.05) is 24.3 Å². The van der Waals surface area contributed by atoms with Crippen LogP contribution in [-0.2, 0) is 11.0 Å². The fraction of sp³-hybridized carbons (Fsp3) is 0.391. The van der Waals surface area contributed by atoms with Crippen LogP contribution < -0.4 is 10.1 Å². The third-order valence-electron chi connectivity index (χ3n) is 5.33. The summed E-state index contributed by atoms with van der Waals surface area (Å²) in [5.41, 5.74) is 0.0114. The molecule has 2 amide bonds. The van der Waals surface area contributed by atoms with Crippen LogP contribution in [0, 0.1) is 5.92 Å². The Morgan fingerprint density at radius 1 is 1.10 bits per heavy atom. The molecule has 5 nitrogen and oxygen atoms in total. The fourth-order valence-corrected chi connectivity index (χ4v) is 3.85. The molecular formula is C23H25F3N2O3. The summed E-state index contributed by atoms with van der Waals surface area (Å²) < 4.78 is 44.8. The lowest BCUT2D eigenvalue weighted by atomic mass is 9.87. The Labute approximate surface area is 179 Å². The second-order valence-electron chi connectivity index (χ2n) is 7.94.